The molecule has 5 rings (SSSR count). The zero-order chi connectivity index (χ0) is 25.1. The van der Waals surface area contributed by atoms with E-state index < -0.39 is 0 Å². The Kier molecular flexibility index (Phi) is 6.95. The Morgan fingerprint density at radius 2 is 1.97 bits per heavy atom. The monoisotopic (exact) mass is 504 g/mol. The van der Waals surface area contributed by atoms with E-state index in [2.05, 4.69) is 18.0 Å². The van der Waals surface area contributed by atoms with E-state index in [9.17, 15) is 9.59 Å². The van der Waals surface area contributed by atoms with Crippen molar-refractivity contribution in [3.8, 4) is 17.2 Å². The molecular weight excluding hydrogens is 476 g/mol. The summed E-state index contributed by atoms with van der Waals surface area (Å²) in [6, 6.07) is 14.8. The Balaban J connectivity index is 1.33. The molecule has 0 spiro atoms. The number of carbonyl (C=O) groups is 2. The van der Waals surface area contributed by atoms with Gasteiger partial charge in [-0.25, -0.2) is 0 Å². The van der Waals surface area contributed by atoms with Crippen LogP contribution in [0.25, 0.3) is 0 Å². The summed E-state index contributed by atoms with van der Waals surface area (Å²) in [5.41, 5.74) is 2.71. The summed E-state index contributed by atoms with van der Waals surface area (Å²) >= 11 is 1.71. The molecule has 2 amide bonds. The van der Waals surface area contributed by atoms with E-state index in [1.807, 2.05) is 36.1 Å². The van der Waals surface area contributed by atoms with Crippen molar-refractivity contribution in [1.82, 2.24) is 9.80 Å². The number of rotatable bonds is 8. The molecule has 3 aromatic rings. The van der Waals surface area contributed by atoms with Crippen molar-refractivity contribution in [2.45, 2.75) is 19.4 Å². The first-order valence-corrected chi connectivity index (χ1v) is 12.8. The zero-order valence-electron chi connectivity index (χ0n) is 20.1. The van der Waals surface area contributed by atoms with Gasteiger partial charge >= 0.3 is 0 Å². The fourth-order valence-electron chi connectivity index (χ4n) is 4.53. The van der Waals surface area contributed by atoms with Gasteiger partial charge in [0.05, 0.1) is 6.04 Å². The molecule has 0 saturated carbocycles. The van der Waals surface area contributed by atoms with E-state index in [-0.39, 0.29) is 37.7 Å². The van der Waals surface area contributed by atoms with Crippen LogP contribution in [0.4, 0.5) is 0 Å². The molecule has 2 aliphatic heterocycles. The van der Waals surface area contributed by atoms with Gasteiger partial charge in [0.25, 0.3) is 5.91 Å². The fraction of sp³-hybridized carbons (Fsp3) is 0.286. The normalized spacial score (nSPS) is 15.8. The fourth-order valence-corrected chi connectivity index (χ4v) is 5.45. The van der Waals surface area contributed by atoms with Gasteiger partial charge in [-0.3, -0.25) is 9.59 Å². The molecule has 0 saturated heterocycles. The Morgan fingerprint density at radius 3 is 2.78 bits per heavy atom. The molecule has 8 heteroatoms. The minimum atomic E-state index is -0.262. The molecule has 36 heavy (non-hydrogen) atoms. The quantitative estimate of drug-likeness (QED) is 0.419. The number of aryl methyl sites for hydroxylation is 1. The van der Waals surface area contributed by atoms with Crippen molar-refractivity contribution in [2.24, 2.45) is 0 Å². The summed E-state index contributed by atoms with van der Waals surface area (Å²) < 4.78 is 16.9. The van der Waals surface area contributed by atoms with Crippen LogP contribution >= 0.6 is 11.3 Å². The lowest BCUT2D eigenvalue weighted by Gasteiger charge is -2.37. The van der Waals surface area contributed by atoms with Gasteiger partial charge in [0.2, 0.25) is 12.7 Å². The molecule has 0 fully saturated rings. The average Bonchev–Trinajstić information content (AvgIpc) is 3.56. The first-order valence-electron chi connectivity index (χ1n) is 11.9. The Morgan fingerprint density at radius 1 is 1.17 bits per heavy atom. The summed E-state index contributed by atoms with van der Waals surface area (Å²) in [6.45, 7) is 7.06. The van der Waals surface area contributed by atoms with Crippen molar-refractivity contribution >= 4 is 23.2 Å². The molecule has 2 aliphatic rings. The van der Waals surface area contributed by atoms with E-state index in [1.54, 1.807) is 35.6 Å². The Bertz CT molecular complexity index is 1270. The molecule has 3 heterocycles. The number of hydrogen-bond acceptors (Lipinski definition) is 6. The molecule has 1 unspecified atom stereocenters. The van der Waals surface area contributed by atoms with Crippen LogP contribution in [0.2, 0.25) is 0 Å². The SMILES string of the molecule is C=CCN(CC(=O)N1CCc2sccc2C1COc1ccc(C)cc1)C(=O)c1ccc2c(c1)OCO2. The molecule has 2 aromatic carbocycles. The van der Waals surface area contributed by atoms with E-state index in [1.165, 1.54) is 9.78 Å². The Labute approximate surface area is 214 Å². The standard InChI is InChI=1S/C28H28N2O5S/c1-3-12-29(28(32)20-6-9-24-25(15-20)35-18-34-24)16-27(31)30-13-10-26-22(11-14-36-26)23(30)17-33-21-7-4-19(2)5-8-21/h3-9,11,14-15,23H,1,10,12-13,16-18H2,2H3. The van der Waals surface area contributed by atoms with Gasteiger partial charge in [-0.15, -0.1) is 17.9 Å². The predicted molar refractivity (Wildman–Crippen MR) is 138 cm³/mol. The molecule has 1 aromatic heterocycles. The van der Waals surface area contributed by atoms with E-state index in [0.717, 1.165) is 23.3 Å². The zero-order valence-corrected chi connectivity index (χ0v) is 21.0. The van der Waals surface area contributed by atoms with Crippen LogP contribution in [0.3, 0.4) is 0 Å². The number of fused-ring (bicyclic) bond motifs is 2. The highest BCUT2D eigenvalue weighted by atomic mass is 32.1. The third-order valence-electron chi connectivity index (χ3n) is 6.43. The number of hydrogen-bond donors (Lipinski definition) is 0. The van der Waals surface area contributed by atoms with Crippen LogP contribution in [0, 0.1) is 6.92 Å². The van der Waals surface area contributed by atoms with Crippen LogP contribution in [-0.2, 0) is 11.2 Å². The number of nitrogens with zero attached hydrogens (tertiary/aromatic N) is 2. The van der Waals surface area contributed by atoms with Crippen LogP contribution in [-0.4, -0.2) is 54.6 Å². The van der Waals surface area contributed by atoms with Crippen molar-refractivity contribution in [1.29, 1.82) is 0 Å². The maximum absolute atomic E-state index is 13.6. The van der Waals surface area contributed by atoms with Crippen molar-refractivity contribution in [2.75, 3.05) is 33.0 Å². The van der Waals surface area contributed by atoms with Crippen LogP contribution < -0.4 is 14.2 Å². The van der Waals surface area contributed by atoms with Crippen LogP contribution in [0.15, 0.2) is 66.6 Å². The smallest absolute Gasteiger partial charge is 0.254 e. The summed E-state index contributed by atoms with van der Waals surface area (Å²) in [4.78, 5) is 31.5. The molecule has 1 atom stereocenters. The minimum Gasteiger partial charge on any atom is -0.491 e. The molecule has 0 aliphatic carbocycles. The number of benzene rings is 2. The third kappa shape index (κ3) is 4.95. The van der Waals surface area contributed by atoms with Gasteiger partial charge in [-0.05, 0) is 60.7 Å². The van der Waals surface area contributed by atoms with E-state index >= 15 is 0 Å². The molecular formula is C28H28N2O5S. The lowest BCUT2D eigenvalue weighted by Crippen LogP contribution is -2.47. The summed E-state index contributed by atoms with van der Waals surface area (Å²) in [5, 5.41) is 2.06. The van der Waals surface area contributed by atoms with E-state index in [0.29, 0.717) is 30.2 Å². The lowest BCUT2D eigenvalue weighted by molar-refractivity contribution is -0.135. The van der Waals surface area contributed by atoms with Crippen LogP contribution in [0.5, 0.6) is 17.2 Å². The van der Waals surface area contributed by atoms with Gasteiger partial charge in [-0.2, -0.15) is 0 Å². The first-order chi connectivity index (χ1) is 17.5. The predicted octanol–water partition coefficient (Wildman–Crippen LogP) is 4.62. The summed E-state index contributed by atoms with van der Waals surface area (Å²) in [6.07, 6.45) is 2.42. The number of carbonyl (C=O) groups excluding carboxylic acids is 2. The topological polar surface area (TPSA) is 68.3 Å². The van der Waals surface area contributed by atoms with Gasteiger partial charge in [0, 0.05) is 23.5 Å². The molecule has 186 valence electrons. The van der Waals surface area contributed by atoms with Gasteiger partial charge < -0.3 is 24.0 Å². The van der Waals surface area contributed by atoms with Gasteiger partial charge in [-0.1, -0.05) is 23.8 Å². The highest BCUT2D eigenvalue weighted by molar-refractivity contribution is 7.10. The maximum atomic E-state index is 13.6. The van der Waals surface area contributed by atoms with Crippen LogP contribution in [0.1, 0.15) is 32.4 Å². The average molecular weight is 505 g/mol. The first kappa shape index (κ1) is 23.9. The number of thiophene rings is 1. The highest BCUT2D eigenvalue weighted by Crippen LogP contribution is 2.35. The molecule has 7 nitrogen and oxygen atoms in total. The van der Waals surface area contributed by atoms with E-state index in [4.69, 9.17) is 14.2 Å². The summed E-state index contributed by atoms with van der Waals surface area (Å²) in [5.74, 6) is 1.51. The maximum Gasteiger partial charge on any atom is 0.254 e. The largest absolute Gasteiger partial charge is 0.491 e. The van der Waals surface area contributed by atoms with Crippen molar-refractivity contribution < 1.29 is 23.8 Å². The minimum absolute atomic E-state index is 0.0558. The van der Waals surface area contributed by atoms with Crippen molar-refractivity contribution in [3.63, 3.8) is 0 Å². The molecule has 0 radical (unpaired) electrons. The number of ether oxygens (including phenoxy) is 3. The van der Waals surface area contributed by atoms with Gasteiger partial charge in [0.1, 0.15) is 18.9 Å². The lowest BCUT2D eigenvalue weighted by atomic mass is 10.0. The third-order valence-corrected chi connectivity index (χ3v) is 7.42. The second-order valence-corrected chi connectivity index (χ2v) is 9.82. The Hall–Kier alpha value is -3.78. The second kappa shape index (κ2) is 10.5. The molecule has 0 bridgehead atoms. The highest BCUT2D eigenvalue weighted by Gasteiger charge is 2.33. The van der Waals surface area contributed by atoms with Crippen molar-refractivity contribution in [3.05, 3.63) is 88.1 Å². The second-order valence-electron chi connectivity index (χ2n) is 8.82. The number of amides is 2. The van der Waals surface area contributed by atoms with Gasteiger partial charge in [0.15, 0.2) is 11.5 Å². The summed E-state index contributed by atoms with van der Waals surface area (Å²) in [7, 11) is 0. The molecule has 0 N–H and O–H groups in total.